The summed E-state index contributed by atoms with van der Waals surface area (Å²) >= 11 is 0. The Hall–Kier alpha value is -4.51. The lowest BCUT2D eigenvalue weighted by Crippen LogP contribution is -2.70. The number of alkyl halides is 13. The van der Waals surface area contributed by atoms with Crippen molar-refractivity contribution in [3.63, 3.8) is 0 Å². The Morgan fingerprint density at radius 3 is 1.73 bits per heavy atom. The number of hydrogen-bond acceptors (Lipinski definition) is 10. The van der Waals surface area contributed by atoms with Gasteiger partial charge in [0.1, 0.15) is 24.0 Å². The molecule has 0 spiro atoms. The molecule has 0 amide bonds. The molecule has 0 aliphatic carbocycles. The van der Waals surface area contributed by atoms with E-state index in [1.165, 1.54) is 26.0 Å². The molecule has 1 aliphatic rings. The van der Waals surface area contributed by atoms with Crippen LogP contribution >= 0.6 is 0 Å². The predicted octanol–water partition coefficient (Wildman–Crippen LogP) is 8.13. The molecule has 1 atom stereocenters. The Labute approximate surface area is 284 Å². The summed E-state index contributed by atoms with van der Waals surface area (Å²) in [5, 5.41) is 14.1. The standard InChI is InChI=1S/C28H28F13N3O8/c1-14-19(18(16-7-5-8-17(13-16)44(47)48)20(15(2)42-14)52-22(46)50-12-10-43(3)4)51-21(45)49-11-6-9-23(29,30)24(31,32)25(33,34)26(35,36)27(37,38)28(39,40)41/h5,7-8,13,18,42H,6,9-12H2,1-4H3. The first-order valence-electron chi connectivity index (χ1n) is 14.3. The maximum atomic E-state index is 14.1. The molecule has 1 aromatic rings. The minimum atomic E-state index is -8.06. The number of ether oxygens (including phenoxy) is 4. The van der Waals surface area contributed by atoms with Gasteiger partial charge in [-0.25, -0.2) is 9.59 Å². The van der Waals surface area contributed by atoms with Crippen LogP contribution in [0.25, 0.3) is 0 Å². The molecule has 0 aromatic heterocycles. The third kappa shape index (κ3) is 8.92. The van der Waals surface area contributed by atoms with Gasteiger partial charge in [-0.15, -0.1) is 0 Å². The first kappa shape index (κ1) is 43.7. The van der Waals surface area contributed by atoms with E-state index in [0.29, 0.717) is 0 Å². The molecule has 0 bridgehead atoms. The Morgan fingerprint density at radius 2 is 1.27 bits per heavy atom. The molecule has 1 unspecified atom stereocenters. The molecule has 0 saturated carbocycles. The van der Waals surface area contributed by atoms with Crippen LogP contribution in [-0.4, -0.2) is 91.8 Å². The van der Waals surface area contributed by atoms with E-state index in [-0.39, 0.29) is 35.9 Å². The van der Waals surface area contributed by atoms with Gasteiger partial charge in [0, 0.05) is 25.1 Å². The molecule has 1 aliphatic heterocycles. The van der Waals surface area contributed by atoms with E-state index in [4.69, 9.17) is 14.2 Å². The van der Waals surface area contributed by atoms with Gasteiger partial charge in [0.25, 0.3) is 5.69 Å². The maximum absolute atomic E-state index is 14.1. The number of benzene rings is 1. The SMILES string of the molecule is CC1=C(OC(=O)OCCCC(F)(F)C(F)(F)C(F)(F)C(F)(F)C(F)(F)C(F)(F)F)C(c2cccc([N+](=O)[O-])c2)C(OC(=O)OCCN(C)C)=C(C)N1. The number of hydrogen-bond donors (Lipinski definition) is 1. The van der Waals surface area contributed by atoms with Crippen molar-refractivity contribution in [2.75, 3.05) is 33.9 Å². The van der Waals surface area contributed by atoms with E-state index >= 15 is 0 Å². The van der Waals surface area contributed by atoms with Crippen molar-refractivity contribution in [3.8, 4) is 0 Å². The van der Waals surface area contributed by atoms with Crippen molar-refractivity contribution in [3.05, 3.63) is 62.9 Å². The summed E-state index contributed by atoms with van der Waals surface area (Å²) in [6.07, 6.45) is -14.9. The highest BCUT2D eigenvalue weighted by atomic mass is 19.4. The van der Waals surface area contributed by atoms with Gasteiger partial charge in [-0.3, -0.25) is 10.1 Å². The molecule has 1 N–H and O–H groups in total. The number of dihydropyridines is 1. The van der Waals surface area contributed by atoms with E-state index < -0.39 is 89.8 Å². The zero-order valence-electron chi connectivity index (χ0n) is 27.0. The highest BCUT2D eigenvalue weighted by Gasteiger charge is 2.90. The number of halogens is 13. The van der Waals surface area contributed by atoms with Crippen LogP contribution in [0.5, 0.6) is 0 Å². The van der Waals surface area contributed by atoms with Crippen LogP contribution in [0.2, 0.25) is 0 Å². The molecule has 11 nitrogen and oxygen atoms in total. The lowest BCUT2D eigenvalue weighted by molar-refractivity contribution is -0.440. The smallest absolute Gasteiger partial charge is 0.434 e. The fourth-order valence-corrected chi connectivity index (χ4v) is 4.31. The van der Waals surface area contributed by atoms with Gasteiger partial charge in [0.15, 0.2) is 0 Å². The average Bonchev–Trinajstić information content (AvgIpc) is 3.00. The average molecular weight is 782 g/mol. The quantitative estimate of drug-likeness (QED) is 0.0613. The lowest BCUT2D eigenvalue weighted by Gasteiger charge is -2.39. The fourth-order valence-electron chi connectivity index (χ4n) is 4.31. The molecule has 0 radical (unpaired) electrons. The molecule has 0 saturated heterocycles. The molecule has 1 aromatic carbocycles. The second kappa shape index (κ2) is 15.6. The zero-order valence-corrected chi connectivity index (χ0v) is 27.0. The summed E-state index contributed by atoms with van der Waals surface area (Å²) in [5.74, 6) is -40.1. The summed E-state index contributed by atoms with van der Waals surface area (Å²) in [6.45, 7) is 1.28. The van der Waals surface area contributed by atoms with Crippen molar-refractivity contribution >= 4 is 18.0 Å². The van der Waals surface area contributed by atoms with E-state index in [9.17, 15) is 76.8 Å². The summed E-state index contributed by atoms with van der Waals surface area (Å²) < 4.78 is 193. The Bertz CT molecular complexity index is 1560. The summed E-state index contributed by atoms with van der Waals surface area (Å²) in [5.41, 5.74) is -0.518. The van der Waals surface area contributed by atoms with Crippen molar-refractivity contribution < 1.29 is 90.5 Å². The number of nitro benzene ring substituents is 1. The highest BCUT2D eigenvalue weighted by Crippen LogP contribution is 2.60. The molecular formula is C28H28F13N3O8. The molecule has 24 heteroatoms. The summed E-state index contributed by atoms with van der Waals surface area (Å²) in [7, 11) is 3.32. The Balaban J connectivity index is 2.27. The van der Waals surface area contributed by atoms with E-state index in [1.807, 2.05) is 0 Å². The second-order valence-corrected chi connectivity index (χ2v) is 11.2. The van der Waals surface area contributed by atoms with Crippen molar-refractivity contribution in [2.24, 2.45) is 0 Å². The van der Waals surface area contributed by atoms with Crippen LogP contribution in [0.3, 0.4) is 0 Å². The van der Waals surface area contributed by atoms with Crippen molar-refractivity contribution in [1.29, 1.82) is 0 Å². The van der Waals surface area contributed by atoms with Crippen LogP contribution in [-0.2, 0) is 18.9 Å². The number of nitrogens with one attached hydrogen (secondary N) is 1. The monoisotopic (exact) mass is 781 g/mol. The van der Waals surface area contributed by atoms with Gasteiger partial charge in [-0.05, 0) is 39.9 Å². The molecule has 2 rings (SSSR count). The molecule has 0 fully saturated rings. The third-order valence-corrected chi connectivity index (χ3v) is 7.05. The number of rotatable bonds is 15. The summed E-state index contributed by atoms with van der Waals surface area (Å²) in [6, 6.07) is 4.52. The van der Waals surface area contributed by atoms with Crippen molar-refractivity contribution in [1.82, 2.24) is 10.2 Å². The minimum Gasteiger partial charge on any atom is -0.434 e. The number of allylic oxidation sites excluding steroid dienone is 2. The van der Waals surface area contributed by atoms with Gasteiger partial charge < -0.3 is 29.2 Å². The van der Waals surface area contributed by atoms with Gasteiger partial charge in [0.05, 0.1) is 22.9 Å². The predicted molar refractivity (Wildman–Crippen MR) is 148 cm³/mol. The van der Waals surface area contributed by atoms with Crippen molar-refractivity contribution in [2.45, 2.75) is 68.4 Å². The Kier molecular flexibility index (Phi) is 13.1. The van der Waals surface area contributed by atoms with Crippen LogP contribution in [0.15, 0.2) is 47.2 Å². The van der Waals surface area contributed by atoms with E-state index in [2.05, 4.69) is 10.1 Å². The maximum Gasteiger partial charge on any atom is 0.513 e. The van der Waals surface area contributed by atoms with Crippen LogP contribution < -0.4 is 5.32 Å². The highest BCUT2D eigenvalue weighted by molar-refractivity contribution is 5.65. The third-order valence-electron chi connectivity index (χ3n) is 7.05. The summed E-state index contributed by atoms with van der Waals surface area (Å²) in [4.78, 5) is 37.3. The van der Waals surface area contributed by atoms with Gasteiger partial charge >= 0.3 is 48.1 Å². The number of carbonyl (C=O) groups excluding carboxylic acids is 2. The van der Waals surface area contributed by atoms with Crippen LogP contribution in [0, 0.1) is 10.1 Å². The molecular weight excluding hydrogens is 753 g/mol. The lowest BCUT2D eigenvalue weighted by atomic mass is 9.90. The topological polar surface area (TPSA) is 129 Å². The number of carbonyl (C=O) groups is 2. The zero-order chi connectivity index (χ0) is 40.3. The minimum absolute atomic E-state index is 0.0516. The number of non-ortho nitro benzene ring substituents is 1. The van der Waals surface area contributed by atoms with E-state index in [0.717, 1.165) is 12.1 Å². The van der Waals surface area contributed by atoms with Crippen LogP contribution in [0.4, 0.5) is 72.4 Å². The number of nitro groups is 1. The molecule has 294 valence electrons. The largest absolute Gasteiger partial charge is 0.513 e. The number of nitrogens with zero attached hydrogens (tertiary/aromatic N) is 2. The Morgan fingerprint density at radius 1 is 0.788 bits per heavy atom. The first-order chi connectivity index (χ1) is 23.5. The fraction of sp³-hybridized carbons (Fsp3) is 0.571. The van der Waals surface area contributed by atoms with E-state index in [1.54, 1.807) is 19.0 Å². The van der Waals surface area contributed by atoms with Gasteiger partial charge in [-0.1, -0.05) is 12.1 Å². The molecule has 52 heavy (non-hydrogen) atoms. The van der Waals surface area contributed by atoms with Gasteiger partial charge in [-0.2, -0.15) is 57.1 Å². The van der Waals surface area contributed by atoms with Gasteiger partial charge in [0.2, 0.25) is 0 Å². The normalized spacial score (nSPS) is 16.5. The number of likely N-dealkylation sites (N-methyl/N-ethyl adjacent to an activating group) is 1. The molecule has 1 heterocycles. The first-order valence-corrected chi connectivity index (χ1v) is 14.3. The van der Waals surface area contributed by atoms with Crippen LogP contribution in [0.1, 0.15) is 38.2 Å². The second-order valence-electron chi connectivity index (χ2n) is 11.2.